The van der Waals surface area contributed by atoms with E-state index in [1.165, 1.54) is 17.0 Å². The second-order valence-corrected chi connectivity index (χ2v) is 4.87. The summed E-state index contributed by atoms with van der Waals surface area (Å²) in [6.45, 7) is 0.0174. The molecule has 0 radical (unpaired) electrons. The molecule has 108 valence electrons. The maximum Gasteiger partial charge on any atom is 0.294 e. The molecule has 0 bridgehead atoms. The van der Waals surface area contributed by atoms with Crippen molar-refractivity contribution in [1.82, 2.24) is 0 Å². The van der Waals surface area contributed by atoms with Crippen LogP contribution in [0, 0.1) is 0 Å². The van der Waals surface area contributed by atoms with Crippen molar-refractivity contribution in [3.63, 3.8) is 0 Å². The number of carbonyl (C=O) groups is 2. The van der Waals surface area contributed by atoms with E-state index in [4.69, 9.17) is 26.5 Å². The van der Waals surface area contributed by atoms with Gasteiger partial charge in [-0.3, -0.25) is 14.5 Å². The van der Waals surface area contributed by atoms with Crippen molar-refractivity contribution in [1.29, 1.82) is 0 Å². The Balaban J connectivity index is 2.00. The number of furan rings is 1. The van der Waals surface area contributed by atoms with Gasteiger partial charge < -0.3 is 14.9 Å². The number of amides is 2. The van der Waals surface area contributed by atoms with Gasteiger partial charge in [-0.15, -0.1) is 0 Å². The van der Waals surface area contributed by atoms with Gasteiger partial charge in [0, 0.05) is 0 Å². The first-order valence-electron chi connectivity index (χ1n) is 6.18. The zero-order valence-corrected chi connectivity index (χ0v) is 11.5. The predicted octanol–water partition coefficient (Wildman–Crippen LogP) is 1.83. The third-order valence-corrected chi connectivity index (χ3v) is 3.32. The Bertz CT molecular complexity index is 713. The summed E-state index contributed by atoms with van der Waals surface area (Å²) in [5.41, 5.74) is 5.83. The number of carbonyl (C=O) groups excluding carboxylic acids is 2. The first-order chi connectivity index (χ1) is 10.1. The van der Waals surface area contributed by atoms with Crippen LogP contribution in [0.3, 0.4) is 0 Å². The number of fused-ring (bicyclic) bond motifs is 1. The monoisotopic (exact) mass is 306 g/mol. The second-order valence-electron chi connectivity index (χ2n) is 4.50. The Morgan fingerprint density at radius 3 is 2.67 bits per heavy atom. The van der Waals surface area contributed by atoms with E-state index in [1.54, 1.807) is 24.3 Å². The maximum atomic E-state index is 12.5. The molecule has 0 fully saturated rings. The molecule has 2 N–H and O–H groups in total. The average Bonchev–Trinajstić information content (AvgIpc) is 2.92. The lowest BCUT2D eigenvalue weighted by Gasteiger charge is -2.32. The third kappa shape index (κ3) is 2.45. The SMILES string of the molecule is NC(=O)C1CN(C(=O)c2ccc(Cl)o2)c2ccccc2O1. The molecule has 1 aliphatic rings. The van der Waals surface area contributed by atoms with Crippen LogP contribution in [0.15, 0.2) is 40.8 Å². The number of para-hydroxylation sites is 2. The number of halogens is 1. The van der Waals surface area contributed by atoms with Gasteiger partial charge in [-0.25, -0.2) is 0 Å². The van der Waals surface area contributed by atoms with Gasteiger partial charge in [0.2, 0.25) is 0 Å². The fourth-order valence-electron chi connectivity index (χ4n) is 2.14. The van der Waals surface area contributed by atoms with Crippen LogP contribution in [-0.4, -0.2) is 24.5 Å². The minimum absolute atomic E-state index is 0.0174. The van der Waals surface area contributed by atoms with Crippen LogP contribution in [-0.2, 0) is 4.79 Å². The smallest absolute Gasteiger partial charge is 0.294 e. The average molecular weight is 307 g/mol. The van der Waals surface area contributed by atoms with Crippen LogP contribution in [0.5, 0.6) is 5.75 Å². The minimum Gasteiger partial charge on any atom is -0.477 e. The van der Waals surface area contributed by atoms with E-state index >= 15 is 0 Å². The third-order valence-electron chi connectivity index (χ3n) is 3.12. The van der Waals surface area contributed by atoms with Crippen molar-refractivity contribution in [2.75, 3.05) is 11.4 Å². The minimum atomic E-state index is -0.908. The zero-order chi connectivity index (χ0) is 15.0. The van der Waals surface area contributed by atoms with Crippen LogP contribution in [0.4, 0.5) is 5.69 Å². The van der Waals surface area contributed by atoms with Crippen LogP contribution in [0.25, 0.3) is 0 Å². The summed E-state index contributed by atoms with van der Waals surface area (Å²) in [6.07, 6.45) is -0.908. The fraction of sp³-hybridized carbons (Fsp3) is 0.143. The largest absolute Gasteiger partial charge is 0.477 e. The van der Waals surface area contributed by atoms with Gasteiger partial charge in [0.25, 0.3) is 11.8 Å². The number of nitrogens with two attached hydrogens (primary N) is 1. The Kier molecular flexibility index (Phi) is 3.31. The molecular weight excluding hydrogens is 296 g/mol. The van der Waals surface area contributed by atoms with Crippen molar-refractivity contribution in [3.05, 3.63) is 47.4 Å². The predicted molar refractivity (Wildman–Crippen MR) is 75.4 cm³/mol. The molecule has 0 saturated carbocycles. The normalized spacial score (nSPS) is 17.0. The van der Waals surface area contributed by atoms with E-state index in [-0.39, 0.29) is 17.5 Å². The Hall–Kier alpha value is -2.47. The van der Waals surface area contributed by atoms with Crippen LogP contribution in [0.2, 0.25) is 5.22 Å². The summed E-state index contributed by atoms with van der Waals surface area (Å²) in [5, 5.41) is 0.117. The second kappa shape index (κ2) is 5.14. The molecule has 0 saturated heterocycles. The molecular formula is C14H11ClN2O4. The van der Waals surface area contributed by atoms with Gasteiger partial charge >= 0.3 is 0 Å². The molecule has 1 atom stereocenters. The van der Waals surface area contributed by atoms with Crippen molar-refractivity contribution < 1.29 is 18.7 Å². The summed E-state index contributed by atoms with van der Waals surface area (Å²) >= 11 is 5.69. The summed E-state index contributed by atoms with van der Waals surface area (Å²) in [7, 11) is 0. The molecule has 0 aliphatic carbocycles. The maximum absolute atomic E-state index is 12.5. The highest BCUT2D eigenvalue weighted by atomic mass is 35.5. The van der Waals surface area contributed by atoms with Crippen molar-refractivity contribution in [2.45, 2.75) is 6.10 Å². The zero-order valence-electron chi connectivity index (χ0n) is 10.8. The molecule has 21 heavy (non-hydrogen) atoms. The number of anilines is 1. The van der Waals surface area contributed by atoms with E-state index in [0.717, 1.165) is 0 Å². The van der Waals surface area contributed by atoms with E-state index in [1.807, 2.05) is 0 Å². The standard InChI is InChI=1S/C14H11ClN2O4/c15-12-6-5-10(21-12)14(19)17-7-11(13(16)18)20-9-4-2-1-3-8(9)17/h1-6,11H,7H2,(H2,16,18). The number of rotatable bonds is 2. The lowest BCUT2D eigenvalue weighted by molar-refractivity contribution is -0.124. The highest BCUT2D eigenvalue weighted by Gasteiger charge is 2.34. The quantitative estimate of drug-likeness (QED) is 0.917. The molecule has 7 heteroatoms. The molecule has 1 unspecified atom stereocenters. The van der Waals surface area contributed by atoms with Crippen molar-refractivity contribution in [2.24, 2.45) is 5.73 Å². The van der Waals surface area contributed by atoms with E-state index in [0.29, 0.717) is 11.4 Å². The number of nitrogens with zero attached hydrogens (tertiary/aromatic N) is 1. The van der Waals surface area contributed by atoms with Gasteiger partial charge in [-0.05, 0) is 35.9 Å². The Labute approximate surface area is 125 Å². The fourth-order valence-corrected chi connectivity index (χ4v) is 2.28. The number of primary amides is 1. The lowest BCUT2D eigenvalue weighted by atomic mass is 10.1. The lowest BCUT2D eigenvalue weighted by Crippen LogP contribution is -2.49. The topological polar surface area (TPSA) is 85.8 Å². The Morgan fingerprint density at radius 1 is 1.24 bits per heavy atom. The molecule has 6 nitrogen and oxygen atoms in total. The summed E-state index contributed by atoms with van der Waals surface area (Å²) in [5.74, 6) is -0.554. The number of hydrogen-bond donors (Lipinski definition) is 1. The van der Waals surface area contributed by atoms with Gasteiger partial charge in [0.1, 0.15) is 5.75 Å². The molecule has 1 aliphatic heterocycles. The van der Waals surface area contributed by atoms with Crippen LogP contribution < -0.4 is 15.4 Å². The molecule has 1 aromatic carbocycles. The summed E-state index contributed by atoms with van der Waals surface area (Å²) in [6, 6.07) is 9.85. The summed E-state index contributed by atoms with van der Waals surface area (Å²) < 4.78 is 10.6. The van der Waals surface area contributed by atoms with E-state index < -0.39 is 17.9 Å². The first-order valence-corrected chi connectivity index (χ1v) is 6.56. The van der Waals surface area contributed by atoms with Crippen molar-refractivity contribution in [3.8, 4) is 5.75 Å². The van der Waals surface area contributed by atoms with Gasteiger partial charge in [-0.1, -0.05) is 12.1 Å². The van der Waals surface area contributed by atoms with Gasteiger partial charge in [0.15, 0.2) is 17.1 Å². The number of benzene rings is 1. The van der Waals surface area contributed by atoms with E-state index in [2.05, 4.69) is 0 Å². The van der Waals surface area contributed by atoms with Crippen LogP contribution in [0.1, 0.15) is 10.6 Å². The first kappa shape index (κ1) is 13.5. The summed E-state index contributed by atoms with van der Waals surface area (Å²) in [4.78, 5) is 25.3. The highest BCUT2D eigenvalue weighted by Crippen LogP contribution is 2.34. The van der Waals surface area contributed by atoms with Gasteiger partial charge in [0.05, 0.1) is 12.2 Å². The molecule has 2 heterocycles. The molecule has 3 rings (SSSR count). The van der Waals surface area contributed by atoms with Crippen LogP contribution >= 0.6 is 11.6 Å². The van der Waals surface area contributed by atoms with Gasteiger partial charge in [-0.2, -0.15) is 0 Å². The Morgan fingerprint density at radius 2 is 2.00 bits per heavy atom. The molecule has 2 aromatic rings. The highest BCUT2D eigenvalue weighted by molar-refractivity contribution is 6.29. The molecule has 1 aromatic heterocycles. The number of ether oxygens (including phenoxy) is 1. The molecule has 2 amide bonds. The van der Waals surface area contributed by atoms with E-state index in [9.17, 15) is 9.59 Å². The molecule has 0 spiro atoms. The van der Waals surface area contributed by atoms with Crippen molar-refractivity contribution >= 4 is 29.1 Å². The number of hydrogen-bond acceptors (Lipinski definition) is 4.